The van der Waals surface area contributed by atoms with Crippen LogP contribution in [-0.4, -0.2) is 35.7 Å². The zero-order chi connectivity index (χ0) is 32.4. The number of aliphatic hydroxyl groups is 1. The third kappa shape index (κ3) is 9.06. The average Bonchev–Trinajstić information content (AvgIpc) is 3.10. The molecule has 0 spiro atoms. The third-order valence-electron chi connectivity index (χ3n) is 7.96. The fourth-order valence-electron chi connectivity index (χ4n) is 5.59. The molecule has 0 aliphatic carbocycles. The van der Waals surface area contributed by atoms with Crippen molar-refractivity contribution in [3.05, 3.63) is 156 Å². The lowest BCUT2D eigenvalue weighted by atomic mass is 9.99. The van der Waals surface area contributed by atoms with Crippen LogP contribution in [-0.2, 0) is 22.6 Å². The first-order chi connectivity index (χ1) is 23.0. The monoisotopic (exact) mass is 629 g/mol. The number of aliphatic hydroxyl groups excluding tert-OH is 1. The van der Waals surface area contributed by atoms with E-state index >= 15 is 0 Å². The van der Waals surface area contributed by atoms with E-state index < -0.39 is 6.29 Å². The molecule has 3 atom stereocenters. The Morgan fingerprint density at radius 3 is 1.94 bits per heavy atom. The van der Waals surface area contributed by atoms with Gasteiger partial charge in [-0.2, -0.15) is 0 Å². The second kappa shape index (κ2) is 15.5. The first kappa shape index (κ1) is 32.0. The van der Waals surface area contributed by atoms with E-state index in [0.717, 1.165) is 35.5 Å². The van der Waals surface area contributed by atoms with Crippen LogP contribution in [0.1, 0.15) is 41.1 Å². The minimum Gasteiger partial charge on any atom is -0.457 e. The molecule has 1 saturated heterocycles. The van der Waals surface area contributed by atoms with Gasteiger partial charge in [-0.25, -0.2) is 4.79 Å². The minimum atomic E-state index is -0.583. The van der Waals surface area contributed by atoms with Gasteiger partial charge in [0.2, 0.25) is 0 Å². The zero-order valence-electron chi connectivity index (χ0n) is 26.3. The first-order valence-electron chi connectivity index (χ1n) is 15.7. The van der Waals surface area contributed by atoms with Crippen molar-refractivity contribution in [2.75, 3.05) is 24.2 Å². The van der Waals surface area contributed by atoms with E-state index in [1.165, 1.54) is 5.56 Å². The molecule has 6 rings (SSSR count). The maximum absolute atomic E-state index is 12.7. The molecule has 1 aliphatic rings. The predicted molar refractivity (Wildman–Crippen MR) is 183 cm³/mol. The highest BCUT2D eigenvalue weighted by Gasteiger charge is 2.32. The normalized spacial score (nSPS) is 17.6. The van der Waals surface area contributed by atoms with Crippen LogP contribution in [0.4, 0.5) is 16.2 Å². The first-order valence-corrected chi connectivity index (χ1v) is 15.7. The lowest BCUT2D eigenvalue weighted by Crippen LogP contribution is -2.37. The van der Waals surface area contributed by atoms with Gasteiger partial charge in [-0.05, 0) is 72.3 Å². The molecule has 1 aliphatic heterocycles. The number of hydrogen-bond donors (Lipinski definition) is 3. The Balaban J connectivity index is 1.08. The standard InChI is InChI=1S/C39H39N3O5/c1-42(25-28-8-4-2-5-9-28)26-36-24-37(30-14-12-29(27-43)13-15-30)47-38(46-36)31-16-18-32(19-17-31)40-39(44)41-33-20-22-35(23-21-33)45-34-10-6-3-7-11-34/h2-23,36-38,43H,24-27H2,1H3,(H2,40,41,44)/t36-,37+,38+/m0/s1. The number of nitrogens with zero attached hydrogens (tertiary/aromatic N) is 1. The van der Waals surface area contributed by atoms with Crippen LogP contribution in [0.5, 0.6) is 11.5 Å². The summed E-state index contributed by atoms with van der Waals surface area (Å²) in [5.41, 5.74) is 5.29. The maximum atomic E-state index is 12.7. The quantitative estimate of drug-likeness (QED) is 0.136. The summed E-state index contributed by atoms with van der Waals surface area (Å²) in [6.07, 6.45) is -0.128. The Kier molecular flexibility index (Phi) is 10.6. The molecule has 0 radical (unpaired) electrons. The van der Waals surface area contributed by atoms with Gasteiger partial charge in [-0.15, -0.1) is 0 Å². The lowest BCUT2D eigenvalue weighted by Gasteiger charge is -2.38. The van der Waals surface area contributed by atoms with Crippen molar-refractivity contribution in [2.24, 2.45) is 0 Å². The van der Waals surface area contributed by atoms with Gasteiger partial charge in [0.15, 0.2) is 6.29 Å². The molecule has 3 N–H and O–H groups in total. The van der Waals surface area contributed by atoms with Gasteiger partial charge in [-0.1, -0.05) is 84.9 Å². The number of anilines is 2. The van der Waals surface area contributed by atoms with E-state index in [9.17, 15) is 9.90 Å². The highest BCUT2D eigenvalue weighted by molar-refractivity contribution is 5.99. The molecule has 0 aromatic heterocycles. The summed E-state index contributed by atoms with van der Waals surface area (Å²) in [5, 5.41) is 15.3. The second-order valence-corrected chi connectivity index (χ2v) is 11.7. The summed E-state index contributed by atoms with van der Waals surface area (Å²) in [7, 11) is 2.10. The van der Waals surface area contributed by atoms with Crippen LogP contribution < -0.4 is 15.4 Å². The van der Waals surface area contributed by atoms with Crippen LogP contribution in [0.2, 0.25) is 0 Å². The number of likely N-dealkylation sites (N-methyl/N-ethyl adjacent to an activating group) is 1. The highest BCUT2D eigenvalue weighted by Crippen LogP contribution is 2.38. The van der Waals surface area contributed by atoms with Gasteiger partial charge >= 0.3 is 6.03 Å². The summed E-state index contributed by atoms with van der Waals surface area (Å²) < 4.78 is 18.8. The molecule has 47 heavy (non-hydrogen) atoms. The zero-order valence-corrected chi connectivity index (χ0v) is 26.3. The Labute approximate surface area is 275 Å². The number of ether oxygens (including phenoxy) is 3. The summed E-state index contributed by atoms with van der Waals surface area (Å²) >= 11 is 0. The number of carbonyl (C=O) groups is 1. The van der Waals surface area contributed by atoms with E-state index in [1.807, 2.05) is 97.1 Å². The number of hydrogen-bond acceptors (Lipinski definition) is 6. The molecule has 8 nitrogen and oxygen atoms in total. The SMILES string of the molecule is CN(Cc1ccccc1)C[C@@H]1C[C@H](c2ccc(CO)cc2)O[C@H](c2ccc(NC(=O)Nc3ccc(Oc4ccccc4)cc3)cc2)O1. The second-order valence-electron chi connectivity index (χ2n) is 11.7. The minimum absolute atomic E-state index is 0.00114. The number of rotatable bonds is 11. The molecule has 0 unspecified atom stereocenters. The van der Waals surface area contributed by atoms with Gasteiger partial charge < -0.3 is 30.0 Å². The molecule has 0 bridgehead atoms. The predicted octanol–water partition coefficient (Wildman–Crippen LogP) is 8.29. The Morgan fingerprint density at radius 1 is 0.723 bits per heavy atom. The molecule has 5 aromatic carbocycles. The van der Waals surface area contributed by atoms with Crippen molar-refractivity contribution in [3.8, 4) is 11.5 Å². The van der Waals surface area contributed by atoms with Crippen molar-refractivity contribution in [3.63, 3.8) is 0 Å². The van der Waals surface area contributed by atoms with Crippen molar-refractivity contribution >= 4 is 17.4 Å². The van der Waals surface area contributed by atoms with E-state index in [-0.39, 0.29) is 24.8 Å². The number of benzene rings is 5. The Hall–Kier alpha value is -4.99. The van der Waals surface area contributed by atoms with Crippen molar-refractivity contribution < 1.29 is 24.1 Å². The summed E-state index contributed by atoms with van der Waals surface area (Å²) in [6, 6.07) is 42.2. The third-order valence-corrected chi connectivity index (χ3v) is 7.96. The van der Waals surface area contributed by atoms with Crippen molar-refractivity contribution in [2.45, 2.75) is 38.1 Å². The molecular formula is C39H39N3O5. The molecule has 1 heterocycles. The topological polar surface area (TPSA) is 92.3 Å². The maximum Gasteiger partial charge on any atom is 0.323 e. The fraction of sp³-hybridized carbons (Fsp3) is 0.205. The number of urea groups is 1. The molecule has 8 heteroatoms. The van der Waals surface area contributed by atoms with E-state index in [4.69, 9.17) is 14.2 Å². The van der Waals surface area contributed by atoms with Crippen molar-refractivity contribution in [1.82, 2.24) is 4.90 Å². The fourth-order valence-corrected chi connectivity index (χ4v) is 5.59. The van der Waals surface area contributed by atoms with Crippen LogP contribution in [0.25, 0.3) is 0 Å². The number of para-hydroxylation sites is 1. The molecule has 240 valence electrons. The Bertz CT molecular complexity index is 1700. The molecule has 2 amide bonds. The smallest absolute Gasteiger partial charge is 0.323 e. The molecular weight excluding hydrogens is 590 g/mol. The van der Waals surface area contributed by atoms with Gasteiger partial charge in [0, 0.05) is 36.4 Å². The van der Waals surface area contributed by atoms with Gasteiger partial charge in [0.25, 0.3) is 0 Å². The largest absolute Gasteiger partial charge is 0.457 e. The van der Waals surface area contributed by atoms with E-state index in [0.29, 0.717) is 23.5 Å². The van der Waals surface area contributed by atoms with Crippen molar-refractivity contribution in [1.29, 1.82) is 0 Å². The van der Waals surface area contributed by atoms with Gasteiger partial charge in [-0.3, -0.25) is 4.90 Å². The van der Waals surface area contributed by atoms with Crippen LogP contribution in [0.15, 0.2) is 133 Å². The molecule has 1 fully saturated rings. The Morgan fingerprint density at radius 2 is 1.30 bits per heavy atom. The molecule has 5 aromatic rings. The number of amides is 2. The van der Waals surface area contributed by atoms with E-state index in [1.54, 1.807) is 12.1 Å². The summed E-state index contributed by atoms with van der Waals surface area (Å²) in [5.74, 6) is 1.43. The van der Waals surface area contributed by atoms with Gasteiger partial charge in [0.05, 0.1) is 18.8 Å². The van der Waals surface area contributed by atoms with Crippen LogP contribution in [0.3, 0.4) is 0 Å². The highest BCUT2D eigenvalue weighted by atomic mass is 16.7. The summed E-state index contributed by atoms with van der Waals surface area (Å²) in [4.78, 5) is 15.0. The number of carbonyl (C=O) groups excluding carboxylic acids is 1. The lowest BCUT2D eigenvalue weighted by molar-refractivity contribution is -0.252. The molecule has 0 saturated carbocycles. The summed E-state index contributed by atoms with van der Waals surface area (Å²) in [6.45, 7) is 1.55. The van der Waals surface area contributed by atoms with E-state index in [2.05, 4.69) is 46.8 Å². The van der Waals surface area contributed by atoms with Crippen LogP contribution in [0, 0.1) is 0 Å². The number of nitrogens with one attached hydrogen (secondary N) is 2. The van der Waals surface area contributed by atoms with Gasteiger partial charge in [0.1, 0.15) is 11.5 Å². The average molecular weight is 630 g/mol. The van der Waals surface area contributed by atoms with Crippen LogP contribution >= 0.6 is 0 Å².